The van der Waals surface area contributed by atoms with Crippen molar-refractivity contribution < 1.29 is 9.59 Å². The van der Waals surface area contributed by atoms with Gasteiger partial charge in [0.05, 0.1) is 5.69 Å². The fraction of sp³-hybridized carbons (Fsp3) is 0.381. The van der Waals surface area contributed by atoms with Gasteiger partial charge >= 0.3 is 0 Å². The van der Waals surface area contributed by atoms with Crippen molar-refractivity contribution in [3.8, 4) is 0 Å². The zero-order valence-corrected chi connectivity index (χ0v) is 16.2. The highest BCUT2D eigenvalue weighted by Gasteiger charge is 2.27. The van der Waals surface area contributed by atoms with E-state index in [9.17, 15) is 9.59 Å². The Morgan fingerprint density at radius 3 is 2.52 bits per heavy atom. The van der Waals surface area contributed by atoms with Crippen LogP contribution in [-0.2, 0) is 15.3 Å². The lowest BCUT2D eigenvalue weighted by atomic mass is 9.95. The molecule has 1 N–H and O–H groups in total. The van der Waals surface area contributed by atoms with Gasteiger partial charge < -0.3 is 10.2 Å². The first kappa shape index (κ1) is 19.4. The number of piperidine rings is 1. The molecule has 0 atom stereocenters. The van der Waals surface area contributed by atoms with Crippen LogP contribution in [0.2, 0.25) is 0 Å². The van der Waals surface area contributed by atoms with Crippen molar-refractivity contribution in [3.63, 3.8) is 0 Å². The van der Waals surface area contributed by atoms with Gasteiger partial charge in [-0.15, -0.1) is 0 Å². The molecular weight excluding hydrogens is 358 g/mol. The Morgan fingerprint density at radius 2 is 1.81 bits per heavy atom. The number of amides is 2. The molecule has 0 saturated carbocycles. The maximum atomic E-state index is 12.4. The molecule has 0 bridgehead atoms. The minimum atomic E-state index is -0.0206. The molecule has 0 aliphatic carbocycles. The van der Waals surface area contributed by atoms with E-state index in [2.05, 4.69) is 10.3 Å². The Bertz CT molecular complexity index is 732. The Kier molecular flexibility index (Phi) is 7.27. The summed E-state index contributed by atoms with van der Waals surface area (Å²) in [7, 11) is 0. The molecule has 3 rings (SSSR count). The van der Waals surface area contributed by atoms with Gasteiger partial charge in [0.2, 0.25) is 11.8 Å². The monoisotopic (exact) mass is 383 g/mol. The lowest BCUT2D eigenvalue weighted by Crippen LogP contribution is -2.41. The van der Waals surface area contributed by atoms with Crippen molar-refractivity contribution in [3.05, 3.63) is 60.4 Å². The molecule has 0 radical (unpaired) electrons. The van der Waals surface area contributed by atoms with Gasteiger partial charge in [-0.2, -0.15) is 11.8 Å². The van der Waals surface area contributed by atoms with Gasteiger partial charge in [0.15, 0.2) is 0 Å². The van der Waals surface area contributed by atoms with Gasteiger partial charge in [0.1, 0.15) is 0 Å². The van der Waals surface area contributed by atoms with E-state index in [-0.39, 0.29) is 17.7 Å². The van der Waals surface area contributed by atoms with Crippen LogP contribution in [0.4, 0.5) is 5.69 Å². The van der Waals surface area contributed by atoms with Gasteiger partial charge in [0, 0.05) is 48.8 Å². The number of likely N-dealkylation sites (tertiary alicyclic amines) is 1. The zero-order valence-electron chi connectivity index (χ0n) is 15.3. The summed E-state index contributed by atoms with van der Waals surface area (Å²) in [5.74, 6) is 1.84. The Hall–Kier alpha value is -2.34. The van der Waals surface area contributed by atoms with Gasteiger partial charge in [0.25, 0.3) is 0 Å². The molecule has 0 unspecified atom stereocenters. The summed E-state index contributed by atoms with van der Waals surface area (Å²) in [6, 6.07) is 15.4. The second-order valence-electron chi connectivity index (χ2n) is 6.63. The van der Waals surface area contributed by atoms with Gasteiger partial charge in [-0.25, -0.2) is 0 Å². The van der Waals surface area contributed by atoms with Crippen molar-refractivity contribution in [1.29, 1.82) is 0 Å². The number of anilines is 1. The fourth-order valence-corrected chi connectivity index (χ4v) is 3.98. The Morgan fingerprint density at radius 1 is 1.07 bits per heavy atom. The summed E-state index contributed by atoms with van der Waals surface area (Å²) in [6.45, 7) is 1.33. The summed E-state index contributed by atoms with van der Waals surface area (Å²) in [4.78, 5) is 30.9. The van der Waals surface area contributed by atoms with Crippen molar-refractivity contribution in [1.82, 2.24) is 9.88 Å². The zero-order chi connectivity index (χ0) is 18.9. The molecule has 2 heterocycles. The number of para-hydroxylation sites is 1. The quantitative estimate of drug-likeness (QED) is 0.743. The maximum absolute atomic E-state index is 12.4. The highest BCUT2D eigenvalue weighted by molar-refractivity contribution is 7.98. The smallest absolute Gasteiger partial charge is 0.227 e. The molecule has 1 fully saturated rings. The normalized spacial score (nSPS) is 14.7. The van der Waals surface area contributed by atoms with Crippen molar-refractivity contribution in [2.75, 3.05) is 24.2 Å². The minimum absolute atomic E-state index is 0.0206. The molecule has 2 amide bonds. The number of rotatable bonds is 7. The lowest BCUT2D eigenvalue weighted by Gasteiger charge is -2.31. The molecule has 2 aromatic rings. The molecule has 6 heteroatoms. The number of thioether (sulfide) groups is 1. The van der Waals surface area contributed by atoms with Crippen LogP contribution in [0.3, 0.4) is 0 Å². The van der Waals surface area contributed by atoms with Crippen LogP contribution in [0.5, 0.6) is 0 Å². The third kappa shape index (κ3) is 6.10. The summed E-state index contributed by atoms with van der Waals surface area (Å²) in [5, 5.41) is 2.96. The molecule has 5 nitrogen and oxygen atoms in total. The summed E-state index contributed by atoms with van der Waals surface area (Å²) in [5.41, 5.74) is 1.87. The average Bonchev–Trinajstić information content (AvgIpc) is 2.72. The average molecular weight is 384 g/mol. The highest BCUT2D eigenvalue weighted by Crippen LogP contribution is 2.21. The van der Waals surface area contributed by atoms with Crippen molar-refractivity contribution in [2.45, 2.75) is 25.0 Å². The van der Waals surface area contributed by atoms with Crippen LogP contribution < -0.4 is 5.32 Å². The Labute approximate surface area is 164 Å². The molecule has 1 aliphatic rings. The van der Waals surface area contributed by atoms with Crippen LogP contribution in [0.15, 0.2) is 54.7 Å². The predicted octanol–water partition coefficient (Wildman–Crippen LogP) is 3.58. The van der Waals surface area contributed by atoms with Crippen molar-refractivity contribution in [2.24, 2.45) is 5.92 Å². The number of carbonyl (C=O) groups is 2. The summed E-state index contributed by atoms with van der Waals surface area (Å²) in [6.07, 6.45) is 3.79. The van der Waals surface area contributed by atoms with Crippen LogP contribution in [-0.4, -0.2) is 40.5 Å². The third-order valence-electron chi connectivity index (χ3n) is 4.70. The lowest BCUT2D eigenvalue weighted by molar-refractivity contribution is -0.134. The van der Waals surface area contributed by atoms with Crippen LogP contribution in [0, 0.1) is 5.92 Å². The third-order valence-corrected chi connectivity index (χ3v) is 5.69. The number of carbonyl (C=O) groups excluding carboxylic acids is 2. The first-order chi connectivity index (χ1) is 13.2. The molecule has 27 heavy (non-hydrogen) atoms. The summed E-state index contributed by atoms with van der Waals surface area (Å²) >= 11 is 1.73. The first-order valence-corrected chi connectivity index (χ1v) is 10.5. The van der Waals surface area contributed by atoms with Crippen LogP contribution in [0.25, 0.3) is 0 Å². The SMILES string of the molecule is O=C(Nc1ccccc1)C1CCN(C(=O)CCSCc2ccccn2)CC1. The van der Waals surface area contributed by atoms with E-state index in [0.717, 1.165) is 35.7 Å². The Balaban J connectivity index is 1.34. The number of hydrogen-bond donors (Lipinski definition) is 1. The van der Waals surface area contributed by atoms with Gasteiger partial charge in [-0.05, 0) is 37.1 Å². The van der Waals surface area contributed by atoms with E-state index < -0.39 is 0 Å². The first-order valence-electron chi connectivity index (χ1n) is 9.34. The topological polar surface area (TPSA) is 62.3 Å². The second-order valence-corrected chi connectivity index (χ2v) is 7.74. The van der Waals surface area contributed by atoms with E-state index in [0.29, 0.717) is 19.5 Å². The van der Waals surface area contributed by atoms with E-state index in [1.807, 2.05) is 53.4 Å². The standard InChI is InChI=1S/C21H25N3O2S/c25-20(11-15-27-16-19-8-4-5-12-22-19)24-13-9-17(10-14-24)21(26)23-18-6-2-1-3-7-18/h1-8,12,17H,9-11,13-16H2,(H,23,26). The summed E-state index contributed by atoms with van der Waals surface area (Å²) < 4.78 is 0. The minimum Gasteiger partial charge on any atom is -0.343 e. The van der Waals surface area contributed by atoms with Crippen LogP contribution in [0.1, 0.15) is 25.0 Å². The predicted molar refractivity (Wildman–Crippen MR) is 109 cm³/mol. The van der Waals surface area contributed by atoms with Gasteiger partial charge in [-0.1, -0.05) is 24.3 Å². The van der Waals surface area contributed by atoms with Crippen LogP contribution >= 0.6 is 11.8 Å². The number of benzene rings is 1. The molecule has 1 aliphatic heterocycles. The second kappa shape index (κ2) is 10.1. The molecule has 1 aromatic carbocycles. The maximum Gasteiger partial charge on any atom is 0.227 e. The van der Waals surface area contributed by atoms with E-state index in [4.69, 9.17) is 0 Å². The number of nitrogens with one attached hydrogen (secondary N) is 1. The van der Waals surface area contributed by atoms with E-state index in [1.165, 1.54) is 0 Å². The molecular formula is C21H25N3O2S. The number of nitrogens with zero attached hydrogens (tertiary/aromatic N) is 2. The van der Waals surface area contributed by atoms with Crippen molar-refractivity contribution >= 4 is 29.3 Å². The number of pyridine rings is 1. The highest BCUT2D eigenvalue weighted by atomic mass is 32.2. The van der Waals surface area contributed by atoms with E-state index in [1.54, 1.807) is 18.0 Å². The molecule has 1 saturated heterocycles. The van der Waals surface area contributed by atoms with E-state index >= 15 is 0 Å². The molecule has 1 aromatic heterocycles. The van der Waals surface area contributed by atoms with Gasteiger partial charge in [-0.3, -0.25) is 14.6 Å². The fourth-order valence-electron chi connectivity index (χ4n) is 3.13. The number of aromatic nitrogens is 1. The number of hydrogen-bond acceptors (Lipinski definition) is 4. The largest absolute Gasteiger partial charge is 0.343 e. The molecule has 0 spiro atoms. The molecule has 142 valence electrons.